The van der Waals surface area contributed by atoms with E-state index in [-0.39, 0.29) is 17.4 Å². The van der Waals surface area contributed by atoms with E-state index in [9.17, 15) is 9.90 Å². The maximum atomic E-state index is 10.3. The van der Waals surface area contributed by atoms with Gasteiger partial charge in [-0.25, -0.2) is 4.79 Å². The zero-order valence-electron chi connectivity index (χ0n) is 12.6. The zero-order chi connectivity index (χ0) is 16.5. The summed E-state index contributed by atoms with van der Waals surface area (Å²) in [5.74, 6) is -1.31. The number of aromatic carboxylic acids is 1. The number of carboxylic acids is 1. The normalized spacial score (nSPS) is 12.7. The van der Waals surface area contributed by atoms with E-state index in [0.717, 1.165) is 5.56 Å². The van der Waals surface area contributed by atoms with Gasteiger partial charge in [0.15, 0.2) is 0 Å². The van der Waals surface area contributed by atoms with Crippen molar-refractivity contribution in [2.45, 2.75) is 19.1 Å². The molecule has 4 N–H and O–H groups in total. The summed E-state index contributed by atoms with van der Waals surface area (Å²) in [6, 6.07) is 15.6. The Kier molecular flexibility index (Phi) is 7.08. The highest BCUT2D eigenvalue weighted by Crippen LogP contribution is 2.15. The molecule has 0 fully saturated rings. The number of aliphatic hydroxyl groups excluding tert-OH is 1. The quantitative estimate of drug-likeness (QED) is 0.696. The molecule has 0 saturated heterocycles. The Morgan fingerprint density at radius 1 is 1.05 bits per heavy atom. The number of phenols is 1. The Bertz CT molecular complexity index is 586. The van der Waals surface area contributed by atoms with Crippen LogP contribution in [0.25, 0.3) is 0 Å². The molecule has 5 heteroatoms. The molecule has 2 unspecified atom stereocenters. The second kappa shape index (κ2) is 8.81. The van der Waals surface area contributed by atoms with Crippen LogP contribution in [0.1, 0.15) is 28.9 Å². The van der Waals surface area contributed by atoms with Crippen LogP contribution in [-0.4, -0.2) is 34.4 Å². The third-order valence-electron chi connectivity index (χ3n) is 3.20. The average molecular weight is 303 g/mol. The molecule has 2 rings (SSSR count). The van der Waals surface area contributed by atoms with Crippen LogP contribution >= 0.6 is 0 Å². The van der Waals surface area contributed by atoms with E-state index in [4.69, 9.17) is 10.2 Å². The molecule has 0 spiro atoms. The van der Waals surface area contributed by atoms with Gasteiger partial charge in [0.25, 0.3) is 0 Å². The van der Waals surface area contributed by atoms with Crippen LogP contribution in [0.4, 0.5) is 0 Å². The van der Waals surface area contributed by atoms with Gasteiger partial charge in [-0.15, -0.1) is 0 Å². The average Bonchev–Trinajstić information content (AvgIpc) is 2.55. The summed E-state index contributed by atoms with van der Waals surface area (Å²) in [7, 11) is 1.84. The lowest BCUT2D eigenvalue weighted by Gasteiger charge is -2.17. The van der Waals surface area contributed by atoms with Crippen molar-refractivity contribution in [2.75, 3.05) is 7.05 Å². The molecule has 0 aliphatic heterocycles. The zero-order valence-corrected chi connectivity index (χ0v) is 12.6. The topological polar surface area (TPSA) is 89.8 Å². The largest absolute Gasteiger partial charge is 0.507 e. The molecule has 0 aliphatic carbocycles. The Morgan fingerprint density at radius 3 is 2.05 bits per heavy atom. The van der Waals surface area contributed by atoms with Crippen LogP contribution < -0.4 is 5.32 Å². The molecule has 0 aromatic heterocycles. The van der Waals surface area contributed by atoms with Crippen LogP contribution in [0.3, 0.4) is 0 Å². The standard InChI is InChI=1S/C10H15NO.C7H6O3/c1-8(11-2)10(12)9-6-4-3-5-7-9;8-6-4-2-1-3-5(6)7(9)10/h3-8,10-12H,1-2H3;1-4,8H,(H,9,10). The Balaban J connectivity index is 0.000000224. The lowest BCUT2D eigenvalue weighted by molar-refractivity contribution is 0.0693. The van der Waals surface area contributed by atoms with Gasteiger partial charge in [0, 0.05) is 6.04 Å². The van der Waals surface area contributed by atoms with Crippen LogP contribution in [0.15, 0.2) is 54.6 Å². The molecule has 0 heterocycles. The van der Waals surface area contributed by atoms with Crippen molar-refractivity contribution in [3.05, 3.63) is 65.7 Å². The maximum Gasteiger partial charge on any atom is 0.339 e. The lowest BCUT2D eigenvalue weighted by Crippen LogP contribution is -2.28. The molecule has 2 aromatic carbocycles. The van der Waals surface area contributed by atoms with Crippen molar-refractivity contribution < 1.29 is 20.1 Å². The van der Waals surface area contributed by atoms with E-state index in [0.29, 0.717) is 0 Å². The number of carboxylic acid groups (broad SMARTS) is 1. The van der Waals surface area contributed by atoms with Gasteiger partial charge < -0.3 is 20.6 Å². The summed E-state index contributed by atoms with van der Waals surface area (Å²) in [6.45, 7) is 1.96. The molecule has 0 bridgehead atoms. The minimum atomic E-state index is -1.11. The van der Waals surface area contributed by atoms with E-state index in [2.05, 4.69) is 5.32 Å². The molecular formula is C17H21NO4. The van der Waals surface area contributed by atoms with Crippen LogP contribution in [-0.2, 0) is 0 Å². The van der Waals surface area contributed by atoms with Gasteiger partial charge in [-0.05, 0) is 31.7 Å². The predicted molar refractivity (Wildman–Crippen MR) is 85.0 cm³/mol. The summed E-state index contributed by atoms with van der Waals surface area (Å²) < 4.78 is 0. The van der Waals surface area contributed by atoms with E-state index in [1.165, 1.54) is 12.1 Å². The Hall–Kier alpha value is -2.37. The molecule has 0 aliphatic rings. The molecule has 0 radical (unpaired) electrons. The van der Waals surface area contributed by atoms with Crippen molar-refractivity contribution in [1.29, 1.82) is 0 Å². The van der Waals surface area contributed by atoms with Gasteiger partial charge in [-0.2, -0.15) is 0 Å². The van der Waals surface area contributed by atoms with Crippen molar-refractivity contribution in [3.8, 4) is 5.75 Å². The van der Waals surface area contributed by atoms with E-state index in [1.54, 1.807) is 12.1 Å². The number of nitrogens with one attached hydrogen (secondary N) is 1. The number of aliphatic hydroxyl groups is 1. The number of hydrogen-bond acceptors (Lipinski definition) is 4. The molecule has 118 valence electrons. The highest BCUT2D eigenvalue weighted by molar-refractivity contribution is 5.90. The summed E-state index contributed by atoms with van der Waals surface area (Å²) in [6.07, 6.45) is -0.420. The highest BCUT2D eigenvalue weighted by atomic mass is 16.4. The Labute approximate surface area is 129 Å². The van der Waals surface area contributed by atoms with E-state index >= 15 is 0 Å². The Morgan fingerprint density at radius 2 is 1.59 bits per heavy atom. The number of likely N-dealkylation sites (N-methyl/N-ethyl adjacent to an activating group) is 1. The van der Waals surface area contributed by atoms with Gasteiger partial charge in [0.2, 0.25) is 0 Å². The summed E-state index contributed by atoms with van der Waals surface area (Å²) >= 11 is 0. The maximum absolute atomic E-state index is 10.3. The lowest BCUT2D eigenvalue weighted by atomic mass is 10.0. The summed E-state index contributed by atoms with van der Waals surface area (Å²) in [4.78, 5) is 10.3. The number of benzene rings is 2. The first-order valence-electron chi connectivity index (χ1n) is 6.89. The fourth-order valence-corrected chi connectivity index (χ4v) is 1.75. The van der Waals surface area contributed by atoms with E-state index in [1.807, 2.05) is 44.3 Å². The molecule has 0 saturated carbocycles. The van der Waals surface area contributed by atoms with Crippen molar-refractivity contribution in [2.24, 2.45) is 0 Å². The number of para-hydroxylation sites is 1. The van der Waals surface area contributed by atoms with Crippen molar-refractivity contribution in [3.63, 3.8) is 0 Å². The summed E-state index contributed by atoms with van der Waals surface area (Å²) in [5, 5.41) is 30.0. The third kappa shape index (κ3) is 5.20. The monoisotopic (exact) mass is 303 g/mol. The minimum absolute atomic E-state index is 0.0671. The second-order valence-electron chi connectivity index (χ2n) is 4.76. The fraction of sp³-hybridized carbons (Fsp3) is 0.235. The third-order valence-corrected chi connectivity index (χ3v) is 3.20. The van der Waals surface area contributed by atoms with Crippen LogP contribution in [0, 0.1) is 0 Å². The van der Waals surface area contributed by atoms with Gasteiger partial charge >= 0.3 is 5.97 Å². The highest BCUT2D eigenvalue weighted by Gasteiger charge is 2.12. The van der Waals surface area contributed by atoms with Gasteiger partial charge in [-0.1, -0.05) is 42.5 Å². The van der Waals surface area contributed by atoms with Crippen molar-refractivity contribution in [1.82, 2.24) is 5.32 Å². The smallest absolute Gasteiger partial charge is 0.339 e. The fourth-order valence-electron chi connectivity index (χ4n) is 1.75. The first-order valence-corrected chi connectivity index (χ1v) is 6.89. The number of rotatable bonds is 4. The van der Waals surface area contributed by atoms with Gasteiger partial charge in [0.1, 0.15) is 11.3 Å². The summed E-state index contributed by atoms with van der Waals surface area (Å²) in [5.41, 5.74) is 0.891. The number of carbonyl (C=O) groups is 1. The predicted octanol–water partition coefficient (Wildman–Crippen LogP) is 2.42. The molecule has 5 nitrogen and oxygen atoms in total. The molecule has 2 atom stereocenters. The molecule has 0 amide bonds. The molecular weight excluding hydrogens is 282 g/mol. The second-order valence-corrected chi connectivity index (χ2v) is 4.76. The number of aromatic hydroxyl groups is 1. The first-order chi connectivity index (χ1) is 10.5. The number of hydrogen-bond donors (Lipinski definition) is 4. The van der Waals surface area contributed by atoms with Gasteiger partial charge in [0.05, 0.1) is 6.10 Å². The van der Waals surface area contributed by atoms with Gasteiger partial charge in [-0.3, -0.25) is 0 Å². The minimum Gasteiger partial charge on any atom is -0.507 e. The SMILES string of the molecule is CNC(C)C(O)c1ccccc1.O=C(O)c1ccccc1O. The van der Waals surface area contributed by atoms with Crippen LogP contribution in [0.5, 0.6) is 5.75 Å². The molecule has 22 heavy (non-hydrogen) atoms. The van der Waals surface area contributed by atoms with Crippen LogP contribution in [0.2, 0.25) is 0 Å². The molecule has 2 aromatic rings. The first kappa shape index (κ1) is 17.7. The van der Waals surface area contributed by atoms with E-state index < -0.39 is 12.1 Å². The van der Waals surface area contributed by atoms with Crippen molar-refractivity contribution >= 4 is 5.97 Å².